The number of allylic oxidation sites excluding steroid dienone is 6. The Morgan fingerprint density at radius 3 is 1.77 bits per heavy atom. The van der Waals surface area contributed by atoms with E-state index in [-0.39, 0.29) is 28.6 Å². The Balaban J connectivity index is 3.67. The molecule has 1 N–H and O–H groups in total. The van der Waals surface area contributed by atoms with Crippen molar-refractivity contribution >= 4 is 11.8 Å². The molecule has 0 aliphatic heterocycles. The van der Waals surface area contributed by atoms with Crippen LogP contribution in [0.15, 0.2) is 47.1 Å². The maximum absolute atomic E-state index is 12.8. The minimum absolute atomic E-state index is 0.00657. The minimum atomic E-state index is -0.974. The lowest BCUT2D eigenvalue weighted by Crippen LogP contribution is -2.28. The van der Waals surface area contributed by atoms with E-state index in [0.29, 0.717) is 16.7 Å². The summed E-state index contributed by atoms with van der Waals surface area (Å²) in [6.07, 6.45) is 5.29. The summed E-state index contributed by atoms with van der Waals surface area (Å²) in [7, 11) is 0. The van der Waals surface area contributed by atoms with Gasteiger partial charge in [-0.15, -0.1) is 6.58 Å². The SMILES string of the molecule is C=CCC(C(=O)O)=C1C=C(C(C)(C)C)C(=O)C(C(C)(C)C)=C1. The van der Waals surface area contributed by atoms with Crippen molar-refractivity contribution in [1.29, 1.82) is 0 Å². The fourth-order valence-corrected chi connectivity index (χ4v) is 2.39. The van der Waals surface area contributed by atoms with Crippen molar-refractivity contribution in [3.8, 4) is 0 Å². The molecule has 0 aromatic carbocycles. The first-order valence-electron chi connectivity index (χ1n) is 7.46. The number of carbonyl (C=O) groups is 2. The molecule has 0 heterocycles. The van der Waals surface area contributed by atoms with Crippen LogP contribution >= 0.6 is 0 Å². The fourth-order valence-electron chi connectivity index (χ4n) is 2.39. The first kappa shape index (κ1) is 18.1. The maximum atomic E-state index is 12.8. The average molecular weight is 302 g/mol. The van der Waals surface area contributed by atoms with Gasteiger partial charge in [0.05, 0.1) is 0 Å². The van der Waals surface area contributed by atoms with Crippen LogP contribution in [0.3, 0.4) is 0 Å². The van der Waals surface area contributed by atoms with Crippen LogP contribution in [0.2, 0.25) is 0 Å². The zero-order chi connectivity index (χ0) is 17.3. The van der Waals surface area contributed by atoms with Crippen molar-refractivity contribution < 1.29 is 14.7 Å². The molecule has 120 valence electrons. The highest BCUT2D eigenvalue weighted by Gasteiger charge is 2.34. The number of ketones is 1. The van der Waals surface area contributed by atoms with E-state index in [9.17, 15) is 14.7 Å². The van der Waals surface area contributed by atoms with Gasteiger partial charge < -0.3 is 5.11 Å². The molecule has 0 saturated heterocycles. The second kappa shape index (κ2) is 6.07. The molecule has 0 bridgehead atoms. The van der Waals surface area contributed by atoms with Crippen molar-refractivity contribution in [2.24, 2.45) is 10.8 Å². The number of carbonyl (C=O) groups excluding carboxylic acids is 1. The molecular weight excluding hydrogens is 276 g/mol. The molecule has 0 radical (unpaired) electrons. The van der Waals surface area contributed by atoms with Crippen molar-refractivity contribution in [3.05, 3.63) is 47.1 Å². The summed E-state index contributed by atoms with van der Waals surface area (Å²) in [6, 6.07) is 0. The zero-order valence-corrected chi connectivity index (χ0v) is 14.4. The van der Waals surface area contributed by atoms with Crippen LogP contribution in [0.25, 0.3) is 0 Å². The molecule has 0 fully saturated rings. The number of rotatable bonds is 3. The van der Waals surface area contributed by atoms with Gasteiger partial charge in [0.25, 0.3) is 0 Å². The Morgan fingerprint density at radius 1 is 1.09 bits per heavy atom. The summed E-state index contributed by atoms with van der Waals surface area (Å²) in [5, 5.41) is 9.45. The number of Topliss-reactive ketones (excluding diaryl/α,β-unsaturated/α-hetero) is 1. The van der Waals surface area contributed by atoms with Crippen molar-refractivity contribution in [3.63, 3.8) is 0 Å². The third-order valence-corrected chi connectivity index (χ3v) is 3.66. The van der Waals surface area contributed by atoms with E-state index in [0.717, 1.165) is 0 Å². The Hall–Kier alpha value is -1.90. The first-order valence-corrected chi connectivity index (χ1v) is 7.46. The Bertz CT molecular complexity index is 564. The highest BCUT2D eigenvalue weighted by molar-refractivity contribution is 6.12. The Morgan fingerprint density at radius 2 is 1.50 bits per heavy atom. The average Bonchev–Trinajstić information content (AvgIpc) is 2.33. The lowest BCUT2D eigenvalue weighted by atomic mass is 9.71. The molecular formula is C19H26O3. The molecule has 3 nitrogen and oxygen atoms in total. The van der Waals surface area contributed by atoms with E-state index < -0.39 is 5.97 Å². The van der Waals surface area contributed by atoms with Gasteiger partial charge >= 0.3 is 5.97 Å². The van der Waals surface area contributed by atoms with Gasteiger partial charge in [0.15, 0.2) is 5.78 Å². The van der Waals surface area contributed by atoms with Gasteiger partial charge in [0.2, 0.25) is 0 Å². The molecule has 0 unspecified atom stereocenters. The van der Waals surface area contributed by atoms with E-state index in [1.54, 1.807) is 18.2 Å². The molecule has 1 aliphatic carbocycles. The van der Waals surface area contributed by atoms with Gasteiger partial charge in [-0.25, -0.2) is 4.79 Å². The predicted molar refractivity (Wildman–Crippen MR) is 89.6 cm³/mol. The zero-order valence-electron chi connectivity index (χ0n) is 14.4. The monoisotopic (exact) mass is 302 g/mol. The molecule has 0 aromatic rings. The van der Waals surface area contributed by atoms with Crippen molar-refractivity contribution in [2.75, 3.05) is 0 Å². The van der Waals surface area contributed by atoms with E-state index >= 15 is 0 Å². The standard InChI is InChI=1S/C19H26O3/c1-8-9-13(17(21)22)12-10-14(18(2,3)4)16(20)15(11-12)19(5,6)7/h8,10-11H,1,9H2,2-7H3,(H,21,22). The van der Waals surface area contributed by atoms with Gasteiger partial charge in [0.1, 0.15) is 0 Å². The van der Waals surface area contributed by atoms with Gasteiger partial charge in [0, 0.05) is 16.7 Å². The highest BCUT2D eigenvalue weighted by atomic mass is 16.4. The largest absolute Gasteiger partial charge is 0.478 e. The number of hydrogen-bond donors (Lipinski definition) is 1. The number of aliphatic carboxylic acids is 1. The summed E-state index contributed by atoms with van der Waals surface area (Å²) < 4.78 is 0. The van der Waals surface area contributed by atoms with Gasteiger partial charge in [-0.3, -0.25) is 4.79 Å². The third-order valence-electron chi connectivity index (χ3n) is 3.66. The quantitative estimate of drug-likeness (QED) is 0.618. The molecule has 0 amide bonds. The van der Waals surface area contributed by atoms with Crippen LogP contribution in [0.4, 0.5) is 0 Å². The first-order chi connectivity index (χ1) is 9.89. The molecule has 1 aliphatic rings. The van der Waals surface area contributed by atoms with Crippen LogP contribution in [-0.2, 0) is 9.59 Å². The fraction of sp³-hybridized carbons (Fsp3) is 0.474. The van der Waals surface area contributed by atoms with Gasteiger partial charge in [-0.05, 0) is 35.0 Å². The number of carboxylic acids is 1. The number of hydrogen-bond acceptors (Lipinski definition) is 2. The van der Waals surface area contributed by atoms with Crippen LogP contribution in [0.5, 0.6) is 0 Å². The van der Waals surface area contributed by atoms with E-state index in [4.69, 9.17) is 0 Å². The molecule has 0 saturated carbocycles. The second-order valence-corrected chi connectivity index (χ2v) is 7.68. The highest BCUT2D eigenvalue weighted by Crippen LogP contribution is 2.39. The predicted octanol–water partition coefficient (Wildman–Crippen LogP) is 4.47. The van der Waals surface area contributed by atoms with Crippen LogP contribution < -0.4 is 0 Å². The number of carboxylic acid groups (broad SMARTS) is 1. The normalized spacial score (nSPS) is 16.1. The van der Waals surface area contributed by atoms with Crippen LogP contribution in [-0.4, -0.2) is 16.9 Å². The van der Waals surface area contributed by atoms with Crippen LogP contribution in [0.1, 0.15) is 48.0 Å². The lowest BCUT2D eigenvalue weighted by Gasteiger charge is -2.31. The lowest BCUT2D eigenvalue weighted by molar-refractivity contribution is -0.132. The van der Waals surface area contributed by atoms with E-state index in [1.807, 2.05) is 41.5 Å². The van der Waals surface area contributed by atoms with Crippen molar-refractivity contribution in [2.45, 2.75) is 48.0 Å². The summed E-state index contributed by atoms with van der Waals surface area (Å²) in [5.41, 5.74) is 1.48. The summed E-state index contributed by atoms with van der Waals surface area (Å²) in [6.45, 7) is 15.4. The second-order valence-electron chi connectivity index (χ2n) is 7.68. The summed E-state index contributed by atoms with van der Waals surface area (Å²) in [4.78, 5) is 24.3. The smallest absolute Gasteiger partial charge is 0.332 e. The van der Waals surface area contributed by atoms with E-state index in [2.05, 4.69) is 6.58 Å². The molecule has 1 rings (SSSR count). The van der Waals surface area contributed by atoms with Crippen molar-refractivity contribution in [1.82, 2.24) is 0 Å². The van der Waals surface area contributed by atoms with Gasteiger partial charge in [-0.1, -0.05) is 47.6 Å². The molecule has 0 aromatic heterocycles. The Kier molecular flexibility index (Phi) is 5.01. The van der Waals surface area contributed by atoms with Crippen LogP contribution in [0, 0.1) is 10.8 Å². The molecule has 3 heteroatoms. The topological polar surface area (TPSA) is 54.4 Å². The summed E-state index contributed by atoms with van der Waals surface area (Å²) >= 11 is 0. The molecule has 22 heavy (non-hydrogen) atoms. The third kappa shape index (κ3) is 3.85. The van der Waals surface area contributed by atoms with Gasteiger partial charge in [-0.2, -0.15) is 0 Å². The summed E-state index contributed by atoms with van der Waals surface area (Å²) in [5.74, 6) is -0.967. The van der Waals surface area contributed by atoms with E-state index in [1.165, 1.54) is 0 Å². The molecule has 0 spiro atoms. The Labute approximate surface area is 133 Å². The maximum Gasteiger partial charge on any atom is 0.332 e. The molecule has 0 atom stereocenters. The minimum Gasteiger partial charge on any atom is -0.478 e.